The summed E-state index contributed by atoms with van der Waals surface area (Å²) in [4.78, 5) is 17.4. The first kappa shape index (κ1) is 27.1. The van der Waals surface area contributed by atoms with Crippen molar-refractivity contribution in [3.8, 4) is 16.9 Å². The molecule has 1 amide bonds. The third-order valence-corrected chi connectivity index (χ3v) is 8.81. The molecule has 1 saturated carbocycles. The van der Waals surface area contributed by atoms with Gasteiger partial charge in [0.1, 0.15) is 11.6 Å². The molecule has 206 valence electrons. The molecule has 5 rings (SSSR count). The van der Waals surface area contributed by atoms with Gasteiger partial charge in [-0.05, 0) is 92.8 Å². The van der Waals surface area contributed by atoms with Crippen molar-refractivity contribution in [1.29, 1.82) is 0 Å². The molecule has 1 aliphatic carbocycles. The van der Waals surface area contributed by atoms with Gasteiger partial charge in [-0.15, -0.1) is 0 Å². The van der Waals surface area contributed by atoms with Crippen LogP contribution in [0.25, 0.3) is 11.1 Å². The number of hydrogen-bond acceptors (Lipinski definition) is 5. The lowest BCUT2D eigenvalue weighted by Crippen LogP contribution is -2.44. The summed E-state index contributed by atoms with van der Waals surface area (Å²) in [5, 5.41) is 0. The van der Waals surface area contributed by atoms with E-state index < -0.39 is 5.82 Å². The highest BCUT2D eigenvalue weighted by Crippen LogP contribution is 2.41. The van der Waals surface area contributed by atoms with Crippen molar-refractivity contribution in [1.82, 2.24) is 9.80 Å². The number of likely N-dealkylation sites (tertiary alicyclic amines) is 2. The minimum Gasteiger partial charge on any atom is -0.493 e. The lowest BCUT2D eigenvalue weighted by atomic mass is 9.70. The highest BCUT2D eigenvalue weighted by atomic mass is 19.1. The Kier molecular flexibility index (Phi) is 8.66. The molecule has 2 aromatic carbocycles. The minimum atomic E-state index is -0.402. The van der Waals surface area contributed by atoms with E-state index in [2.05, 4.69) is 11.8 Å². The Labute approximate surface area is 226 Å². The van der Waals surface area contributed by atoms with Crippen LogP contribution in [0.2, 0.25) is 0 Å². The smallest absolute Gasteiger partial charge is 0.254 e. The topological polar surface area (TPSA) is 68.0 Å². The monoisotopic (exact) mass is 523 g/mol. The standard InChI is InChI=1S/C31H42FN3O3/c1-31(13-3-14-31)21-34-16-11-23(12-17-34)19-38-27-8-5-24(6-9-27)28-10-7-25(18-29(28)32)30(36)35-15-2-4-26(35)20-37-22-33/h5-10,18,23,26H,2-4,11-17,19-22,33H2,1H3/t26-/m0/s1. The van der Waals surface area contributed by atoms with E-state index in [1.807, 2.05) is 24.3 Å². The Morgan fingerprint density at radius 3 is 2.45 bits per heavy atom. The largest absolute Gasteiger partial charge is 0.493 e. The Morgan fingerprint density at radius 1 is 1.03 bits per heavy atom. The average molecular weight is 524 g/mol. The highest BCUT2D eigenvalue weighted by molar-refractivity contribution is 5.95. The summed E-state index contributed by atoms with van der Waals surface area (Å²) in [6.07, 6.45) is 8.30. The number of piperidine rings is 1. The van der Waals surface area contributed by atoms with Gasteiger partial charge in [-0.3, -0.25) is 4.79 Å². The molecule has 2 saturated heterocycles. The van der Waals surface area contributed by atoms with E-state index in [0.29, 0.717) is 35.6 Å². The van der Waals surface area contributed by atoms with Crippen molar-refractivity contribution in [3.63, 3.8) is 0 Å². The number of carbonyl (C=O) groups excluding carboxylic acids is 1. The van der Waals surface area contributed by atoms with Gasteiger partial charge in [-0.25, -0.2) is 4.39 Å². The molecule has 0 aromatic heterocycles. The molecule has 0 bridgehead atoms. The zero-order chi connectivity index (χ0) is 26.5. The molecule has 6 nitrogen and oxygen atoms in total. The first-order chi connectivity index (χ1) is 18.4. The van der Waals surface area contributed by atoms with E-state index in [0.717, 1.165) is 30.8 Å². The number of amides is 1. The zero-order valence-electron chi connectivity index (χ0n) is 22.7. The first-order valence-corrected chi connectivity index (χ1v) is 14.3. The average Bonchev–Trinajstić information content (AvgIpc) is 3.39. The first-order valence-electron chi connectivity index (χ1n) is 14.3. The third-order valence-electron chi connectivity index (χ3n) is 8.81. The Balaban J connectivity index is 1.12. The van der Waals surface area contributed by atoms with Crippen LogP contribution in [-0.2, 0) is 4.74 Å². The van der Waals surface area contributed by atoms with Gasteiger partial charge in [0.15, 0.2) is 0 Å². The van der Waals surface area contributed by atoms with Crippen molar-refractivity contribution in [2.45, 2.75) is 57.9 Å². The zero-order valence-corrected chi connectivity index (χ0v) is 22.7. The van der Waals surface area contributed by atoms with Crippen molar-refractivity contribution in [2.24, 2.45) is 17.1 Å². The van der Waals surface area contributed by atoms with Crippen LogP contribution in [0, 0.1) is 17.2 Å². The van der Waals surface area contributed by atoms with Gasteiger partial charge in [-0.2, -0.15) is 0 Å². The van der Waals surface area contributed by atoms with Gasteiger partial charge in [0.2, 0.25) is 0 Å². The lowest BCUT2D eigenvalue weighted by molar-refractivity contribution is 0.0551. The molecule has 3 aliphatic rings. The van der Waals surface area contributed by atoms with Crippen LogP contribution in [-0.4, -0.2) is 67.9 Å². The maximum absolute atomic E-state index is 15.1. The molecular formula is C31H42FN3O3. The minimum absolute atomic E-state index is 0.00957. The van der Waals surface area contributed by atoms with E-state index in [4.69, 9.17) is 15.2 Å². The summed E-state index contributed by atoms with van der Waals surface area (Å²) >= 11 is 0. The van der Waals surface area contributed by atoms with Gasteiger partial charge in [0.25, 0.3) is 5.91 Å². The Morgan fingerprint density at radius 2 is 1.79 bits per heavy atom. The molecule has 0 radical (unpaired) electrons. The van der Waals surface area contributed by atoms with E-state index in [1.165, 1.54) is 57.8 Å². The van der Waals surface area contributed by atoms with Crippen LogP contribution in [0.3, 0.4) is 0 Å². The van der Waals surface area contributed by atoms with Crippen molar-refractivity contribution >= 4 is 5.91 Å². The fourth-order valence-corrected chi connectivity index (χ4v) is 6.26. The lowest BCUT2D eigenvalue weighted by Gasteiger charge is -2.44. The summed E-state index contributed by atoms with van der Waals surface area (Å²) in [5.74, 6) is 0.830. The molecule has 1 atom stereocenters. The van der Waals surface area contributed by atoms with Crippen molar-refractivity contribution in [2.75, 3.05) is 46.1 Å². The Bertz CT molecular complexity index is 1080. The molecule has 38 heavy (non-hydrogen) atoms. The number of hydrogen-bond donors (Lipinski definition) is 1. The maximum atomic E-state index is 15.1. The van der Waals surface area contributed by atoms with E-state index in [9.17, 15) is 4.79 Å². The molecule has 2 aliphatic heterocycles. The number of rotatable bonds is 10. The van der Waals surface area contributed by atoms with Crippen molar-refractivity contribution in [3.05, 3.63) is 53.8 Å². The van der Waals surface area contributed by atoms with Crippen LogP contribution in [0.4, 0.5) is 4.39 Å². The summed E-state index contributed by atoms with van der Waals surface area (Å²) in [6.45, 7) is 7.93. The van der Waals surface area contributed by atoms with Gasteiger partial charge < -0.3 is 25.0 Å². The number of carbonyl (C=O) groups is 1. The van der Waals surface area contributed by atoms with E-state index in [1.54, 1.807) is 17.0 Å². The molecule has 2 aromatic rings. The second-order valence-electron chi connectivity index (χ2n) is 11.7. The Hall–Kier alpha value is -2.48. The number of ether oxygens (including phenoxy) is 2. The van der Waals surface area contributed by atoms with Gasteiger partial charge in [-0.1, -0.05) is 31.5 Å². The molecule has 2 N–H and O–H groups in total. The molecule has 2 heterocycles. The predicted octanol–water partition coefficient (Wildman–Crippen LogP) is 5.31. The number of halogens is 1. The fourth-order valence-electron chi connectivity index (χ4n) is 6.26. The van der Waals surface area contributed by atoms with Gasteiger partial charge in [0, 0.05) is 24.2 Å². The highest BCUT2D eigenvalue weighted by Gasteiger charge is 2.34. The van der Waals surface area contributed by atoms with Crippen LogP contribution >= 0.6 is 0 Å². The second kappa shape index (κ2) is 12.1. The number of nitrogens with two attached hydrogens (primary N) is 1. The van der Waals surface area contributed by atoms with Crippen LogP contribution in [0.5, 0.6) is 5.75 Å². The quantitative estimate of drug-likeness (QED) is 0.428. The molecule has 0 spiro atoms. The van der Waals surface area contributed by atoms with Gasteiger partial charge >= 0.3 is 0 Å². The number of benzene rings is 2. The predicted molar refractivity (Wildman–Crippen MR) is 148 cm³/mol. The summed E-state index contributed by atoms with van der Waals surface area (Å²) in [5.41, 5.74) is 7.59. The SMILES string of the molecule is CC1(CN2CCC(COc3ccc(-c4ccc(C(=O)N5CCC[C@H]5COCN)cc4F)cc3)CC2)CCC1. The summed E-state index contributed by atoms with van der Waals surface area (Å²) in [6, 6.07) is 12.3. The number of nitrogens with zero attached hydrogens (tertiary/aromatic N) is 2. The molecule has 7 heteroatoms. The van der Waals surface area contributed by atoms with Crippen LogP contribution < -0.4 is 10.5 Å². The van der Waals surface area contributed by atoms with Crippen LogP contribution in [0.15, 0.2) is 42.5 Å². The normalized spacial score (nSPS) is 21.9. The summed E-state index contributed by atoms with van der Waals surface area (Å²) < 4.78 is 26.5. The van der Waals surface area contributed by atoms with Crippen LogP contribution in [0.1, 0.15) is 62.2 Å². The molecule has 0 unspecified atom stereocenters. The van der Waals surface area contributed by atoms with E-state index in [-0.39, 0.29) is 18.7 Å². The summed E-state index contributed by atoms with van der Waals surface area (Å²) in [7, 11) is 0. The maximum Gasteiger partial charge on any atom is 0.254 e. The van der Waals surface area contributed by atoms with Crippen molar-refractivity contribution < 1.29 is 18.7 Å². The molecule has 3 fully saturated rings. The third kappa shape index (κ3) is 6.38. The van der Waals surface area contributed by atoms with E-state index >= 15 is 4.39 Å². The fraction of sp³-hybridized carbons (Fsp3) is 0.581. The van der Waals surface area contributed by atoms with Gasteiger partial charge in [0.05, 0.1) is 26.0 Å². The second-order valence-corrected chi connectivity index (χ2v) is 11.7. The molecular weight excluding hydrogens is 481 g/mol.